The summed E-state index contributed by atoms with van der Waals surface area (Å²) in [5, 5.41) is 1.18. The average Bonchev–Trinajstić information content (AvgIpc) is 3.46. The molecule has 9 rings (SSSR count). The lowest BCUT2D eigenvalue weighted by molar-refractivity contribution is 0.00729. The molecular weight excluding hydrogens is 600 g/mol. The van der Waals surface area contributed by atoms with E-state index in [9.17, 15) is 9.59 Å². The number of piperidine rings is 1. The van der Waals surface area contributed by atoms with Crippen molar-refractivity contribution in [1.82, 2.24) is 23.9 Å². The second kappa shape index (κ2) is 11.0. The number of nitrogens with zero attached hydrogens (tertiary/aromatic N) is 5. The Labute approximate surface area is 280 Å². The number of nitrogens with two attached hydrogens (primary N) is 1. The first kappa shape index (κ1) is 29.5. The molecule has 2 saturated carbocycles. The lowest BCUT2D eigenvalue weighted by atomic mass is 9.81. The van der Waals surface area contributed by atoms with Gasteiger partial charge < -0.3 is 29.4 Å². The van der Waals surface area contributed by atoms with E-state index >= 15 is 0 Å². The molecule has 2 unspecified atom stereocenters. The summed E-state index contributed by atoms with van der Waals surface area (Å²) in [4.78, 5) is 36.5. The molecule has 2 N–H and O–H groups in total. The van der Waals surface area contributed by atoms with E-state index in [0.29, 0.717) is 54.9 Å². The number of aromatic nitrogens is 3. The van der Waals surface area contributed by atoms with E-state index in [1.807, 2.05) is 52.3 Å². The zero-order chi connectivity index (χ0) is 32.7. The van der Waals surface area contributed by atoms with Crippen molar-refractivity contribution in [3.05, 3.63) is 83.9 Å². The molecule has 2 aromatic heterocycles. The number of imidazole rings is 1. The Balaban J connectivity index is 1.14. The Kier molecular flexibility index (Phi) is 6.73. The predicted octanol–water partition coefficient (Wildman–Crippen LogP) is 5.80. The fourth-order valence-corrected chi connectivity index (χ4v) is 8.72. The van der Waals surface area contributed by atoms with E-state index in [1.165, 1.54) is 23.7 Å². The molecule has 4 fully saturated rings. The fourth-order valence-electron chi connectivity index (χ4n) is 8.72. The van der Waals surface area contributed by atoms with E-state index in [1.54, 1.807) is 7.11 Å². The van der Waals surface area contributed by atoms with Crippen LogP contribution in [0, 0.1) is 17.3 Å². The number of benzene rings is 3. The van der Waals surface area contributed by atoms with Crippen molar-refractivity contribution in [2.24, 2.45) is 23.0 Å². The molecular formula is C39H42N6O3. The van der Waals surface area contributed by atoms with Gasteiger partial charge in [0.25, 0.3) is 11.8 Å². The maximum atomic E-state index is 14.0. The minimum atomic E-state index is -0.176. The second-order valence-corrected chi connectivity index (χ2v) is 15.0. The van der Waals surface area contributed by atoms with Crippen LogP contribution in [-0.2, 0) is 13.1 Å². The molecule has 2 aliphatic heterocycles. The highest BCUT2D eigenvalue weighted by atomic mass is 16.5. The molecule has 4 heterocycles. The molecule has 3 atom stereocenters. The summed E-state index contributed by atoms with van der Waals surface area (Å²) < 4.78 is 10.8. The number of ether oxygens (including phenoxy) is 1. The van der Waals surface area contributed by atoms with Gasteiger partial charge in [0, 0.05) is 72.3 Å². The maximum absolute atomic E-state index is 14.0. The summed E-state index contributed by atoms with van der Waals surface area (Å²) in [7, 11) is 1.67. The summed E-state index contributed by atoms with van der Waals surface area (Å²) in [6.45, 7) is 5.83. The summed E-state index contributed by atoms with van der Waals surface area (Å²) in [5.41, 5.74) is 11.5. The molecule has 246 valence electrons. The minimum Gasteiger partial charge on any atom is -0.494 e. The van der Waals surface area contributed by atoms with Crippen molar-refractivity contribution in [2.45, 2.75) is 57.8 Å². The smallest absolute Gasteiger partial charge is 0.254 e. The van der Waals surface area contributed by atoms with Crippen molar-refractivity contribution < 1.29 is 14.3 Å². The van der Waals surface area contributed by atoms with Gasteiger partial charge >= 0.3 is 0 Å². The summed E-state index contributed by atoms with van der Waals surface area (Å²) in [6.07, 6.45) is 4.54. The summed E-state index contributed by atoms with van der Waals surface area (Å²) in [5.74, 6) is 2.59. The van der Waals surface area contributed by atoms with Gasteiger partial charge in [-0.2, -0.15) is 0 Å². The molecule has 2 aliphatic carbocycles. The number of fused-ring (bicyclic) bond motifs is 4. The Morgan fingerprint density at radius 1 is 0.917 bits per heavy atom. The van der Waals surface area contributed by atoms with Crippen LogP contribution >= 0.6 is 0 Å². The highest BCUT2D eigenvalue weighted by molar-refractivity contribution is 6.01. The molecule has 2 amide bonds. The van der Waals surface area contributed by atoms with Crippen LogP contribution in [0.3, 0.4) is 0 Å². The molecule has 4 aliphatic rings. The number of hydrogen-bond donors (Lipinski definition) is 1. The van der Waals surface area contributed by atoms with Crippen LogP contribution < -0.4 is 10.5 Å². The minimum absolute atomic E-state index is 0.00202. The van der Waals surface area contributed by atoms with E-state index in [-0.39, 0.29) is 29.3 Å². The topological polar surface area (TPSA) is 98.6 Å². The third-order valence-electron chi connectivity index (χ3n) is 11.4. The average molecular weight is 643 g/mol. The number of carbonyl (C=O) groups excluding carboxylic acids is 2. The van der Waals surface area contributed by atoms with Gasteiger partial charge in [-0.05, 0) is 73.9 Å². The van der Waals surface area contributed by atoms with Crippen molar-refractivity contribution in [1.29, 1.82) is 0 Å². The molecule has 5 aromatic rings. The van der Waals surface area contributed by atoms with Gasteiger partial charge in [-0.15, -0.1) is 0 Å². The second-order valence-electron chi connectivity index (χ2n) is 15.0. The van der Waals surface area contributed by atoms with Crippen LogP contribution in [0.4, 0.5) is 0 Å². The van der Waals surface area contributed by atoms with Gasteiger partial charge in [0.1, 0.15) is 11.3 Å². The standard InChI is InChI=1S/C39H42N6O3/c1-39(21-42(22-39)37(46)25-8-4-3-5-9-25)23-45-35-29(16-28(18-33(35)48-2)38(47)44-20-27-14-15-31(44)34(27)40)41-36(45)32-17-26-10-6-7-11-30(26)43(32)19-24-12-13-24/h3-11,16-18,24,27,31,34H,12-15,19-23,40H2,1-2H3/t27?,31?,34-/m1/s1. The number of hydrogen-bond acceptors (Lipinski definition) is 5. The number of para-hydroxylation sites is 1. The Hall–Kier alpha value is -4.63. The lowest BCUT2D eigenvalue weighted by Crippen LogP contribution is -2.58. The Morgan fingerprint density at radius 2 is 1.69 bits per heavy atom. The van der Waals surface area contributed by atoms with Crippen molar-refractivity contribution >= 4 is 33.8 Å². The first-order chi connectivity index (χ1) is 23.3. The number of amides is 2. The summed E-state index contributed by atoms with van der Waals surface area (Å²) >= 11 is 0. The van der Waals surface area contributed by atoms with Gasteiger partial charge in [-0.1, -0.05) is 43.3 Å². The van der Waals surface area contributed by atoms with Crippen LogP contribution in [0.2, 0.25) is 0 Å². The van der Waals surface area contributed by atoms with Crippen LogP contribution in [0.5, 0.6) is 5.75 Å². The van der Waals surface area contributed by atoms with Gasteiger partial charge in [-0.25, -0.2) is 4.98 Å². The van der Waals surface area contributed by atoms with E-state index in [2.05, 4.69) is 46.4 Å². The zero-order valence-corrected chi connectivity index (χ0v) is 27.6. The zero-order valence-electron chi connectivity index (χ0n) is 27.6. The van der Waals surface area contributed by atoms with Gasteiger partial charge in [0.05, 0.1) is 18.3 Å². The quantitative estimate of drug-likeness (QED) is 0.231. The monoisotopic (exact) mass is 642 g/mol. The number of rotatable bonds is 8. The predicted molar refractivity (Wildman–Crippen MR) is 186 cm³/mol. The van der Waals surface area contributed by atoms with E-state index < -0.39 is 0 Å². The SMILES string of the molecule is COc1cc(C(=O)N2CC3CCC2[C@@H]3N)cc2nc(-c3cc4ccccc4n3CC3CC3)n(CC3(C)CN(C(=O)c4ccccc4)C3)c12. The first-order valence-electron chi connectivity index (χ1n) is 17.4. The lowest BCUT2D eigenvalue weighted by Gasteiger charge is -2.48. The normalized spacial score (nSPS) is 22.9. The third-order valence-corrected chi connectivity index (χ3v) is 11.4. The maximum Gasteiger partial charge on any atom is 0.254 e. The van der Waals surface area contributed by atoms with Crippen LogP contribution in [-0.4, -0.2) is 74.6 Å². The summed E-state index contributed by atoms with van der Waals surface area (Å²) in [6, 6.07) is 24.3. The third kappa shape index (κ3) is 4.73. The van der Waals surface area contributed by atoms with Gasteiger partial charge in [-0.3, -0.25) is 9.59 Å². The van der Waals surface area contributed by atoms with Gasteiger partial charge in [0.15, 0.2) is 5.82 Å². The van der Waals surface area contributed by atoms with Crippen molar-refractivity contribution in [2.75, 3.05) is 26.7 Å². The Morgan fingerprint density at radius 3 is 2.40 bits per heavy atom. The largest absolute Gasteiger partial charge is 0.494 e. The highest BCUT2D eigenvalue weighted by Crippen LogP contribution is 2.42. The number of likely N-dealkylation sites (tertiary alicyclic amines) is 2. The molecule has 0 radical (unpaired) electrons. The molecule has 3 aromatic carbocycles. The molecule has 9 nitrogen and oxygen atoms in total. The van der Waals surface area contributed by atoms with Crippen LogP contribution in [0.1, 0.15) is 53.3 Å². The van der Waals surface area contributed by atoms with E-state index in [4.69, 9.17) is 15.5 Å². The number of methoxy groups -OCH3 is 1. The highest BCUT2D eigenvalue weighted by Gasteiger charge is 2.47. The first-order valence-corrected chi connectivity index (χ1v) is 17.4. The molecule has 2 saturated heterocycles. The molecule has 2 bridgehead atoms. The number of carbonyl (C=O) groups is 2. The van der Waals surface area contributed by atoms with Crippen molar-refractivity contribution in [3.63, 3.8) is 0 Å². The van der Waals surface area contributed by atoms with Crippen molar-refractivity contribution in [3.8, 4) is 17.3 Å². The van der Waals surface area contributed by atoms with Crippen LogP contribution in [0.25, 0.3) is 33.5 Å². The molecule has 9 heteroatoms. The molecule has 48 heavy (non-hydrogen) atoms. The van der Waals surface area contributed by atoms with E-state index in [0.717, 1.165) is 41.9 Å². The fraction of sp³-hybridized carbons (Fsp3) is 0.410. The van der Waals surface area contributed by atoms with Crippen LogP contribution in [0.15, 0.2) is 72.8 Å². The molecule has 0 spiro atoms. The van der Waals surface area contributed by atoms with Gasteiger partial charge in [0.2, 0.25) is 0 Å². The Bertz CT molecular complexity index is 2070.